The molecule has 0 aliphatic carbocycles. The molecule has 6 nitrogen and oxygen atoms in total. The van der Waals surface area contributed by atoms with Crippen LogP contribution in [0.1, 0.15) is 0 Å². The van der Waals surface area contributed by atoms with Gasteiger partial charge in [-0.15, -0.1) is 0 Å². The third kappa shape index (κ3) is 2.94. The van der Waals surface area contributed by atoms with Crippen LogP contribution in [0, 0.1) is 0 Å². The number of nitrogens with one attached hydrogen (secondary N) is 2. The van der Waals surface area contributed by atoms with Crippen LogP contribution in [-0.4, -0.2) is 20.5 Å². The summed E-state index contributed by atoms with van der Waals surface area (Å²) < 4.78 is 31.5. The lowest BCUT2D eigenvalue weighted by atomic mass is 10.3. The van der Waals surface area contributed by atoms with Gasteiger partial charge in [-0.25, -0.2) is 8.42 Å². The Kier molecular flexibility index (Phi) is 4.01. The first kappa shape index (κ1) is 14.4. The molecule has 0 spiro atoms. The fourth-order valence-electron chi connectivity index (χ4n) is 1.54. The van der Waals surface area contributed by atoms with Crippen molar-refractivity contribution in [3.63, 3.8) is 0 Å². The van der Waals surface area contributed by atoms with Gasteiger partial charge < -0.3 is 9.72 Å². The molecule has 106 valence electrons. The number of pyridine rings is 1. The van der Waals surface area contributed by atoms with E-state index in [1.54, 1.807) is 0 Å². The Bertz CT molecular complexity index is 786. The molecule has 8 heteroatoms. The Morgan fingerprint density at radius 2 is 2.05 bits per heavy atom. The van der Waals surface area contributed by atoms with Crippen LogP contribution in [-0.2, 0) is 10.0 Å². The molecule has 1 aromatic carbocycles. The van der Waals surface area contributed by atoms with Crippen molar-refractivity contribution < 1.29 is 13.2 Å². The lowest BCUT2D eigenvalue weighted by Gasteiger charge is -2.09. The molecular formula is C12H11ClN2O4S. The molecule has 0 saturated carbocycles. The molecule has 0 saturated heterocycles. The fraction of sp³-hybridized carbons (Fsp3) is 0.0833. The van der Waals surface area contributed by atoms with Crippen LogP contribution in [0.2, 0.25) is 5.02 Å². The molecule has 2 aromatic rings. The van der Waals surface area contributed by atoms with E-state index < -0.39 is 15.5 Å². The quantitative estimate of drug-likeness (QED) is 0.901. The second kappa shape index (κ2) is 5.56. The van der Waals surface area contributed by atoms with Crippen molar-refractivity contribution in [2.75, 3.05) is 11.8 Å². The molecule has 0 aliphatic rings. The lowest BCUT2D eigenvalue weighted by Crippen LogP contribution is -2.20. The van der Waals surface area contributed by atoms with Crippen LogP contribution in [0.15, 0.2) is 46.3 Å². The first-order valence-corrected chi connectivity index (χ1v) is 7.33. The smallest absolute Gasteiger partial charge is 0.267 e. The number of halogens is 1. The molecule has 1 aromatic heterocycles. The van der Waals surface area contributed by atoms with E-state index >= 15 is 0 Å². The molecule has 0 radical (unpaired) electrons. The third-order valence-electron chi connectivity index (χ3n) is 2.48. The van der Waals surface area contributed by atoms with Gasteiger partial charge in [-0.3, -0.25) is 9.52 Å². The summed E-state index contributed by atoms with van der Waals surface area (Å²) >= 11 is 5.85. The minimum Gasteiger partial charge on any atom is -0.495 e. The highest BCUT2D eigenvalue weighted by atomic mass is 35.5. The average molecular weight is 315 g/mol. The SMILES string of the molecule is COc1cc(NS(=O)(=O)c2c[nH]ccc2=O)ccc1Cl. The number of methoxy groups -OCH3 is 1. The van der Waals surface area contributed by atoms with E-state index in [-0.39, 0.29) is 10.6 Å². The number of rotatable bonds is 4. The van der Waals surface area contributed by atoms with Gasteiger partial charge >= 0.3 is 0 Å². The molecule has 0 bridgehead atoms. The van der Waals surface area contributed by atoms with Crippen molar-refractivity contribution in [2.45, 2.75) is 4.90 Å². The van der Waals surface area contributed by atoms with Gasteiger partial charge in [0.25, 0.3) is 10.0 Å². The molecule has 0 fully saturated rings. The molecule has 20 heavy (non-hydrogen) atoms. The molecule has 1 heterocycles. The van der Waals surface area contributed by atoms with Gasteiger partial charge in [-0.05, 0) is 12.1 Å². The summed E-state index contributed by atoms with van der Waals surface area (Å²) in [5.74, 6) is 0.328. The fourth-order valence-corrected chi connectivity index (χ4v) is 2.84. The monoisotopic (exact) mass is 314 g/mol. The number of sulfonamides is 1. The zero-order valence-electron chi connectivity index (χ0n) is 10.4. The number of benzene rings is 1. The van der Waals surface area contributed by atoms with E-state index in [0.29, 0.717) is 10.8 Å². The number of hydrogen-bond donors (Lipinski definition) is 2. The van der Waals surface area contributed by atoms with Crippen molar-refractivity contribution in [2.24, 2.45) is 0 Å². The zero-order chi connectivity index (χ0) is 14.8. The number of hydrogen-bond acceptors (Lipinski definition) is 4. The maximum Gasteiger partial charge on any atom is 0.267 e. The molecule has 2 N–H and O–H groups in total. The summed E-state index contributed by atoms with van der Waals surface area (Å²) in [5, 5.41) is 0.355. The first-order valence-electron chi connectivity index (χ1n) is 5.47. The van der Waals surface area contributed by atoms with Gasteiger partial charge in [-0.2, -0.15) is 0 Å². The van der Waals surface area contributed by atoms with Crippen LogP contribution < -0.4 is 14.9 Å². The van der Waals surface area contributed by atoms with Crippen LogP contribution in [0.3, 0.4) is 0 Å². The van der Waals surface area contributed by atoms with E-state index in [2.05, 4.69) is 9.71 Å². The minimum atomic E-state index is -3.97. The Labute approximate surface area is 120 Å². The highest BCUT2D eigenvalue weighted by Crippen LogP contribution is 2.28. The van der Waals surface area contributed by atoms with Gasteiger partial charge in [0.2, 0.25) is 5.43 Å². The maximum atomic E-state index is 12.1. The molecule has 0 atom stereocenters. The second-order valence-corrected chi connectivity index (χ2v) is 5.89. The maximum absolute atomic E-state index is 12.1. The van der Waals surface area contributed by atoms with Gasteiger partial charge in [0.05, 0.1) is 17.8 Å². The molecular weight excluding hydrogens is 304 g/mol. The van der Waals surface area contributed by atoms with E-state index in [4.69, 9.17) is 16.3 Å². The largest absolute Gasteiger partial charge is 0.495 e. The normalized spacial score (nSPS) is 11.1. The first-order chi connectivity index (χ1) is 9.44. The highest BCUT2D eigenvalue weighted by molar-refractivity contribution is 7.92. The Hall–Kier alpha value is -1.99. The Morgan fingerprint density at radius 3 is 2.70 bits per heavy atom. The molecule has 2 rings (SSSR count). The van der Waals surface area contributed by atoms with E-state index in [9.17, 15) is 13.2 Å². The summed E-state index contributed by atoms with van der Waals surface area (Å²) in [7, 11) is -2.56. The van der Waals surface area contributed by atoms with Crippen LogP contribution in [0.5, 0.6) is 5.75 Å². The molecule has 0 unspecified atom stereocenters. The number of anilines is 1. The molecule has 0 amide bonds. The minimum absolute atomic E-state index is 0.245. The molecule has 0 aliphatic heterocycles. The lowest BCUT2D eigenvalue weighted by molar-refractivity contribution is 0.415. The third-order valence-corrected chi connectivity index (χ3v) is 4.20. The van der Waals surface area contributed by atoms with Crippen molar-refractivity contribution in [3.8, 4) is 5.75 Å². The number of H-pyrrole nitrogens is 1. The topological polar surface area (TPSA) is 88.3 Å². The Balaban J connectivity index is 2.39. The van der Waals surface area contributed by atoms with Gasteiger partial charge in [0.1, 0.15) is 5.75 Å². The zero-order valence-corrected chi connectivity index (χ0v) is 12.0. The summed E-state index contributed by atoms with van der Waals surface area (Å²) in [6.07, 6.45) is 2.48. The highest BCUT2D eigenvalue weighted by Gasteiger charge is 2.18. The average Bonchev–Trinajstić information content (AvgIpc) is 2.41. The van der Waals surface area contributed by atoms with Gasteiger partial charge in [0.15, 0.2) is 4.90 Å². The van der Waals surface area contributed by atoms with E-state index in [0.717, 1.165) is 12.3 Å². The Morgan fingerprint density at radius 1 is 1.30 bits per heavy atom. The van der Waals surface area contributed by atoms with Gasteiger partial charge in [0, 0.05) is 24.5 Å². The van der Waals surface area contributed by atoms with Crippen LogP contribution in [0.25, 0.3) is 0 Å². The predicted molar refractivity (Wildman–Crippen MR) is 75.9 cm³/mol. The summed E-state index contributed by atoms with van der Waals surface area (Å²) in [5.41, 5.74) is -0.355. The van der Waals surface area contributed by atoms with Crippen molar-refractivity contribution >= 4 is 27.3 Å². The summed E-state index contributed by atoms with van der Waals surface area (Å²) in [4.78, 5) is 13.7. The number of aromatic nitrogens is 1. The van der Waals surface area contributed by atoms with E-state index in [1.807, 2.05) is 0 Å². The van der Waals surface area contributed by atoms with Crippen LogP contribution in [0.4, 0.5) is 5.69 Å². The van der Waals surface area contributed by atoms with Crippen molar-refractivity contribution in [3.05, 3.63) is 51.9 Å². The van der Waals surface area contributed by atoms with Crippen LogP contribution >= 0.6 is 11.6 Å². The number of aromatic amines is 1. The number of ether oxygens (including phenoxy) is 1. The standard InChI is InChI=1S/C12H11ClN2O4S/c1-19-11-6-8(2-3-9(11)13)15-20(17,18)12-7-14-5-4-10(12)16/h2-7,15H,1H3,(H,14,16). The predicted octanol–water partition coefficient (Wildman–Crippen LogP) is 1.84. The van der Waals surface area contributed by atoms with Crippen molar-refractivity contribution in [1.82, 2.24) is 4.98 Å². The van der Waals surface area contributed by atoms with Gasteiger partial charge in [-0.1, -0.05) is 11.6 Å². The van der Waals surface area contributed by atoms with E-state index in [1.165, 1.54) is 31.5 Å². The summed E-state index contributed by atoms with van der Waals surface area (Å²) in [6, 6.07) is 5.53. The second-order valence-electron chi connectivity index (χ2n) is 3.83. The van der Waals surface area contributed by atoms with Crippen molar-refractivity contribution in [1.29, 1.82) is 0 Å². The summed E-state index contributed by atoms with van der Waals surface area (Å²) in [6.45, 7) is 0.